The fourth-order valence-electron chi connectivity index (χ4n) is 1.60. The van der Waals surface area contributed by atoms with E-state index in [1.807, 2.05) is 0 Å². The topological polar surface area (TPSA) is 29.5 Å². The van der Waals surface area contributed by atoms with E-state index in [9.17, 15) is 9.50 Å². The number of rotatable bonds is 3. The van der Waals surface area contributed by atoms with Crippen molar-refractivity contribution in [1.82, 2.24) is 0 Å². The molecular weight excluding hydrogens is 255 g/mol. The first-order chi connectivity index (χ1) is 8.56. The zero-order valence-electron chi connectivity index (χ0n) is 9.73. The first-order valence-electron chi connectivity index (χ1n) is 5.47. The van der Waals surface area contributed by atoms with Gasteiger partial charge in [-0.25, -0.2) is 4.39 Å². The van der Waals surface area contributed by atoms with Crippen molar-refractivity contribution < 1.29 is 14.2 Å². The summed E-state index contributed by atoms with van der Waals surface area (Å²) in [6.07, 6.45) is -0.810. The van der Waals surface area contributed by atoms with Gasteiger partial charge < -0.3 is 9.84 Å². The van der Waals surface area contributed by atoms with Crippen LogP contribution in [0.25, 0.3) is 0 Å². The molecule has 0 amide bonds. The number of aliphatic hydroxyl groups is 1. The zero-order chi connectivity index (χ0) is 13.1. The summed E-state index contributed by atoms with van der Waals surface area (Å²) in [5, 5.41) is 10.1. The summed E-state index contributed by atoms with van der Waals surface area (Å²) in [5.41, 5.74) is 0.398. The maximum atomic E-state index is 13.1. The Bertz CT molecular complexity index is 555. The Labute approximate surface area is 110 Å². The number of halogens is 2. The highest BCUT2D eigenvalue weighted by atomic mass is 35.5. The fourth-order valence-corrected chi connectivity index (χ4v) is 1.78. The van der Waals surface area contributed by atoms with Crippen LogP contribution in [0.1, 0.15) is 18.6 Å². The summed E-state index contributed by atoms with van der Waals surface area (Å²) in [5.74, 6) is 0.536. The van der Waals surface area contributed by atoms with Gasteiger partial charge >= 0.3 is 0 Å². The van der Waals surface area contributed by atoms with Gasteiger partial charge in [0.2, 0.25) is 0 Å². The summed E-state index contributed by atoms with van der Waals surface area (Å²) < 4.78 is 18.7. The lowest BCUT2D eigenvalue weighted by molar-refractivity contribution is 0.195. The Kier molecular flexibility index (Phi) is 3.84. The zero-order valence-corrected chi connectivity index (χ0v) is 10.5. The van der Waals surface area contributed by atoms with E-state index in [0.717, 1.165) is 0 Å². The fraction of sp³-hybridized carbons (Fsp3) is 0.143. The summed E-state index contributed by atoms with van der Waals surface area (Å²) in [7, 11) is 0. The quantitative estimate of drug-likeness (QED) is 0.896. The molecule has 94 valence electrons. The van der Waals surface area contributed by atoms with E-state index in [-0.39, 0.29) is 0 Å². The highest BCUT2D eigenvalue weighted by molar-refractivity contribution is 6.30. The summed E-state index contributed by atoms with van der Waals surface area (Å²) in [6.45, 7) is 1.56. The van der Waals surface area contributed by atoms with Crippen LogP contribution in [-0.4, -0.2) is 5.11 Å². The van der Waals surface area contributed by atoms with E-state index >= 15 is 0 Å². The smallest absolute Gasteiger partial charge is 0.133 e. The third kappa shape index (κ3) is 3.00. The lowest BCUT2D eigenvalue weighted by Gasteiger charge is -2.13. The largest absolute Gasteiger partial charge is 0.457 e. The molecule has 0 bridgehead atoms. The van der Waals surface area contributed by atoms with E-state index in [1.165, 1.54) is 18.2 Å². The van der Waals surface area contributed by atoms with Crippen molar-refractivity contribution >= 4 is 11.6 Å². The molecule has 0 heterocycles. The van der Waals surface area contributed by atoms with Gasteiger partial charge in [0, 0.05) is 10.6 Å². The maximum Gasteiger partial charge on any atom is 0.133 e. The molecule has 1 atom stereocenters. The molecule has 0 aliphatic carbocycles. The molecule has 0 spiro atoms. The van der Waals surface area contributed by atoms with Gasteiger partial charge in [-0.15, -0.1) is 0 Å². The van der Waals surface area contributed by atoms with Gasteiger partial charge in [-0.3, -0.25) is 0 Å². The lowest BCUT2D eigenvalue weighted by Crippen LogP contribution is -1.97. The molecule has 2 aromatic carbocycles. The van der Waals surface area contributed by atoms with Gasteiger partial charge in [0.1, 0.15) is 17.3 Å². The van der Waals surface area contributed by atoms with E-state index < -0.39 is 11.9 Å². The Morgan fingerprint density at radius 2 is 2.00 bits per heavy atom. The molecule has 0 saturated carbocycles. The summed E-state index contributed by atoms with van der Waals surface area (Å²) in [4.78, 5) is 0. The van der Waals surface area contributed by atoms with Crippen LogP contribution >= 0.6 is 11.6 Å². The Balaban J connectivity index is 2.34. The van der Waals surface area contributed by atoms with Crippen LogP contribution in [0.15, 0.2) is 42.5 Å². The average molecular weight is 267 g/mol. The van der Waals surface area contributed by atoms with Crippen LogP contribution in [0.4, 0.5) is 4.39 Å². The molecule has 1 N–H and O–H groups in total. The minimum Gasteiger partial charge on any atom is -0.457 e. The molecule has 4 heteroatoms. The second kappa shape index (κ2) is 5.38. The minimum atomic E-state index is -0.810. The Hall–Kier alpha value is -1.58. The minimum absolute atomic E-state index is 0.398. The van der Waals surface area contributed by atoms with Crippen molar-refractivity contribution in [1.29, 1.82) is 0 Å². The predicted octanol–water partition coefficient (Wildman–Crippen LogP) is 4.32. The van der Waals surface area contributed by atoms with E-state index in [4.69, 9.17) is 16.3 Å². The highest BCUT2D eigenvalue weighted by Crippen LogP contribution is 2.31. The van der Waals surface area contributed by atoms with E-state index in [1.54, 1.807) is 31.2 Å². The molecule has 0 aliphatic rings. The molecule has 2 nitrogen and oxygen atoms in total. The first-order valence-corrected chi connectivity index (χ1v) is 5.85. The molecule has 0 aliphatic heterocycles. The molecule has 2 aromatic rings. The normalized spacial score (nSPS) is 12.2. The van der Waals surface area contributed by atoms with E-state index in [2.05, 4.69) is 0 Å². The highest BCUT2D eigenvalue weighted by Gasteiger charge is 2.11. The van der Waals surface area contributed by atoms with Crippen LogP contribution in [0, 0.1) is 5.82 Å². The molecule has 1 unspecified atom stereocenters. The van der Waals surface area contributed by atoms with Crippen LogP contribution in [0.5, 0.6) is 11.5 Å². The van der Waals surface area contributed by atoms with Gasteiger partial charge in [-0.1, -0.05) is 17.7 Å². The summed E-state index contributed by atoms with van der Waals surface area (Å²) >= 11 is 5.85. The number of hydrogen-bond acceptors (Lipinski definition) is 2. The van der Waals surface area contributed by atoms with Crippen LogP contribution < -0.4 is 4.74 Å². The first kappa shape index (κ1) is 12.9. The standard InChI is InChI=1S/C14H12ClFO2/c1-9(17)13-8-11(16)5-6-14(13)18-12-4-2-3-10(15)7-12/h2-9,17H,1H3. The third-order valence-electron chi connectivity index (χ3n) is 2.45. The molecule has 0 fully saturated rings. The molecule has 0 radical (unpaired) electrons. The SMILES string of the molecule is CC(O)c1cc(F)ccc1Oc1cccc(Cl)c1. The van der Waals surface area contributed by atoms with Crippen LogP contribution in [0.3, 0.4) is 0 Å². The van der Waals surface area contributed by atoms with Crippen molar-refractivity contribution in [3.63, 3.8) is 0 Å². The number of ether oxygens (including phenoxy) is 1. The predicted molar refractivity (Wildman–Crippen MR) is 68.6 cm³/mol. The number of aliphatic hydroxyl groups excluding tert-OH is 1. The number of benzene rings is 2. The lowest BCUT2D eigenvalue weighted by atomic mass is 10.1. The van der Waals surface area contributed by atoms with Crippen LogP contribution in [0.2, 0.25) is 5.02 Å². The number of hydrogen-bond donors (Lipinski definition) is 1. The van der Waals surface area contributed by atoms with Crippen molar-refractivity contribution in [2.75, 3.05) is 0 Å². The molecule has 0 aromatic heterocycles. The van der Waals surface area contributed by atoms with Gasteiger partial charge in [-0.05, 0) is 43.3 Å². The summed E-state index contributed by atoms with van der Waals surface area (Å²) in [6, 6.07) is 10.9. The molecule has 2 rings (SSSR count). The van der Waals surface area contributed by atoms with Crippen LogP contribution in [-0.2, 0) is 0 Å². The Morgan fingerprint density at radius 1 is 1.22 bits per heavy atom. The third-order valence-corrected chi connectivity index (χ3v) is 2.68. The van der Waals surface area contributed by atoms with Gasteiger partial charge in [0.05, 0.1) is 6.10 Å². The van der Waals surface area contributed by atoms with Crippen molar-refractivity contribution in [3.05, 3.63) is 58.9 Å². The maximum absolute atomic E-state index is 13.1. The van der Waals surface area contributed by atoms with Crippen molar-refractivity contribution in [2.24, 2.45) is 0 Å². The van der Waals surface area contributed by atoms with E-state index in [0.29, 0.717) is 22.1 Å². The Morgan fingerprint density at radius 3 is 2.67 bits per heavy atom. The molecule has 0 saturated heterocycles. The van der Waals surface area contributed by atoms with Gasteiger partial charge in [0.15, 0.2) is 0 Å². The second-order valence-electron chi connectivity index (χ2n) is 3.92. The van der Waals surface area contributed by atoms with Crippen molar-refractivity contribution in [2.45, 2.75) is 13.0 Å². The molecule has 18 heavy (non-hydrogen) atoms. The average Bonchev–Trinajstić information content (AvgIpc) is 2.31. The van der Waals surface area contributed by atoms with Gasteiger partial charge in [0.25, 0.3) is 0 Å². The molecular formula is C14H12ClFO2. The second-order valence-corrected chi connectivity index (χ2v) is 4.35. The van der Waals surface area contributed by atoms with Crippen molar-refractivity contribution in [3.8, 4) is 11.5 Å². The van der Waals surface area contributed by atoms with Gasteiger partial charge in [-0.2, -0.15) is 0 Å². The monoisotopic (exact) mass is 266 g/mol.